The molecule has 0 saturated carbocycles. The van der Waals surface area contributed by atoms with Gasteiger partial charge in [0.1, 0.15) is 5.76 Å². The second-order valence-electron chi connectivity index (χ2n) is 7.71. The maximum absolute atomic E-state index is 13.0. The molecule has 2 aliphatic heterocycles. The van der Waals surface area contributed by atoms with Gasteiger partial charge in [0.05, 0.1) is 30.4 Å². The molecule has 4 rings (SSSR count). The van der Waals surface area contributed by atoms with Crippen LogP contribution in [-0.4, -0.2) is 54.0 Å². The highest BCUT2D eigenvalue weighted by molar-refractivity contribution is 9.10. The number of Topliss-reactive ketones (excluding diaryl/α,β-unsaturated/α-hetero) is 1. The van der Waals surface area contributed by atoms with Crippen LogP contribution in [-0.2, 0) is 19.1 Å². The third-order valence-electron chi connectivity index (χ3n) is 5.73. The molecule has 8 heteroatoms. The maximum atomic E-state index is 13.0. The van der Waals surface area contributed by atoms with Crippen molar-refractivity contribution in [2.24, 2.45) is 0 Å². The van der Waals surface area contributed by atoms with Crippen LogP contribution in [0.25, 0.3) is 5.76 Å². The first-order chi connectivity index (χ1) is 15.4. The van der Waals surface area contributed by atoms with Gasteiger partial charge in [-0.05, 0) is 42.7 Å². The Hall–Kier alpha value is -2.97. The van der Waals surface area contributed by atoms with Gasteiger partial charge in [-0.25, -0.2) is 4.79 Å². The highest BCUT2D eigenvalue weighted by Gasteiger charge is 2.47. The largest absolute Gasteiger partial charge is 0.507 e. The minimum Gasteiger partial charge on any atom is -0.507 e. The lowest BCUT2D eigenvalue weighted by Gasteiger charge is -2.27. The van der Waals surface area contributed by atoms with E-state index in [2.05, 4.69) is 15.9 Å². The highest BCUT2D eigenvalue weighted by Crippen LogP contribution is 2.40. The molecular formula is C24H22BrNO6. The van der Waals surface area contributed by atoms with Gasteiger partial charge in [0.15, 0.2) is 0 Å². The van der Waals surface area contributed by atoms with Crippen molar-refractivity contribution in [2.45, 2.75) is 25.0 Å². The van der Waals surface area contributed by atoms with Gasteiger partial charge >= 0.3 is 5.97 Å². The predicted octanol–water partition coefficient (Wildman–Crippen LogP) is 3.84. The number of halogens is 1. The van der Waals surface area contributed by atoms with Crippen molar-refractivity contribution in [1.82, 2.24) is 4.90 Å². The molecule has 0 aliphatic carbocycles. The molecule has 166 valence electrons. The number of nitrogens with zero attached hydrogens (tertiary/aromatic N) is 1. The Bertz CT molecular complexity index is 1070. The standard InChI is InChI=1S/C24H22BrNO6/c1-31-24(30)16-6-4-14(5-7-16)20-19(21(27)15-8-10-17(25)11-9-15)22(28)23(29)26(20)13-18-3-2-12-32-18/h4-11,18,20,27H,2-3,12-13H2,1H3/t18-,20-/m1/s1. The number of carbonyl (C=O) groups is 3. The highest BCUT2D eigenvalue weighted by atomic mass is 79.9. The molecule has 1 amide bonds. The van der Waals surface area contributed by atoms with E-state index in [0.717, 1.165) is 17.3 Å². The van der Waals surface area contributed by atoms with Gasteiger partial charge in [-0.15, -0.1) is 0 Å². The Morgan fingerprint density at radius 3 is 2.38 bits per heavy atom. The van der Waals surface area contributed by atoms with E-state index in [1.807, 2.05) is 0 Å². The summed E-state index contributed by atoms with van der Waals surface area (Å²) in [5.74, 6) is -2.15. The fourth-order valence-electron chi connectivity index (χ4n) is 4.11. The maximum Gasteiger partial charge on any atom is 0.337 e. The van der Waals surface area contributed by atoms with Gasteiger partial charge in [0.2, 0.25) is 0 Å². The van der Waals surface area contributed by atoms with E-state index in [4.69, 9.17) is 9.47 Å². The third kappa shape index (κ3) is 4.20. The molecule has 0 aromatic heterocycles. The molecule has 0 spiro atoms. The fourth-order valence-corrected chi connectivity index (χ4v) is 4.37. The number of likely N-dealkylation sites (tertiary alicyclic amines) is 1. The summed E-state index contributed by atoms with van der Waals surface area (Å²) in [6.07, 6.45) is 1.52. The normalized spacial score (nSPS) is 22.4. The number of carbonyl (C=O) groups excluding carboxylic acids is 3. The molecule has 2 aliphatic rings. The lowest BCUT2D eigenvalue weighted by Crippen LogP contribution is -2.36. The van der Waals surface area contributed by atoms with Crippen molar-refractivity contribution >= 4 is 39.3 Å². The van der Waals surface area contributed by atoms with E-state index in [0.29, 0.717) is 23.3 Å². The summed E-state index contributed by atoms with van der Waals surface area (Å²) in [6, 6.07) is 12.5. The number of amides is 1. The van der Waals surface area contributed by atoms with Crippen molar-refractivity contribution in [3.63, 3.8) is 0 Å². The molecule has 1 N–H and O–H groups in total. The Labute approximate surface area is 193 Å². The summed E-state index contributed by atoms with van der Waals surface area (Å²) in [7, 11) is 1.30. The van der Waals surface area contributed by atoms with Crippen LogP contribution in [0, 0.1) is 0 Å². The van der Waals surface area contributed by atoms with Crippen LogP contribution < -0.4 is 0 Å². The number of rotatable bonds is 5. The van der Waals surface area contributed by atoms with Gasteiger partial charge in [0.25, 0.3) is 11.7 Å². The van der Waals surface area contributed by atoms with Gasteiger partial charge in [-0.2, -0.15) is 0 Å². The smallest absolute Gasteiger partial charge is 0.337 e. The molecule has 32 heavy (non-hydrogen) atoms. The Kier molecular flexibility index (Phi) is 6.43. The van der Waals surface area contributed by atoms with Crippen LogP contribution in [0.1, 0.15) is 40.4 Å². The molecule has 0 radical (unpaired) electrons. The van der Waals surface area contributed by atoms with Crippen molar-refractivity contribution in [1.29, 1.82) is 0 Å². The van der Waals surface area contributed by atoms with Crippen molar-refractivity contribution in [3.8, 4) is 0 Å². The average Bonchev–Trinajstić information content (AvgIpc) is 3.41. The lowest BCUT2D eigenvalue weighted by atomic mass is 9.94. The quantitative estimate of drug-likeness (QED) is 0.290. The predicted molar refractivity (Wildman–Crippen MR) is 120 cm³/mol. The van der Waals surface area contributed by atoms with Crippen LogP contribution in [0.5, 0.6) is 0 Å². The summed E-state index contributed by atoms with van der Waals surface area (Å²) >= 11 is 3.35. The lowest BCUT2D eigenvalue weighted by molar-refractivity contribution is -0.140. The van der Waals surface area contributed by atoms with E-state index in [1.54, 1.807) is 48.5 Å². The number of aliphatic hydroxyl groups excluding tert-OH is 1. The third-order valence-corrected chi connectivity index (χ3v) is 6.26. The van der Waals surface area contributed by atoms with Gasteiger partial charge < -0.3 is 19.5 Å². The van der Waals surface area contributed by atoms with Crippen LogP contribution in [0.2, 0.25) is 0 Å². The van der Waals surface area contributed by atoms with E-state index in [-0.39, 0.29) is 24.0 Å². The van der Waals surface area contributed by atoms with Crippen molar-refractivity contribution in [3.05, 3.63) is 75.3 Å². The molecule has 2 aromatic rings. The van der Waals surface area contributed by atoms with Gasteiger partial charge in [-0.1, -0.05) is 40.2 Å². The van der Waals surface area contributed by atoms with Gasteiger partial charge in [-0.3, -0.25) is 9.59 Å². The first-order valence-corrected chi connectivity index (χ1v) is 11.0. The summed E-state index contributed by atoms with van der Waals surface area (Å²) in [6.45, 7) is 0.858. The van der Waals surface area contributed by atoms with E-state index < -0.39 is 23.7 Å². The molecule has 2 fully saturated rings. The number of aliphatic hydroxyl groups is 1. The number of hydrogen-bond acceptors (Lipinski definition) is 6. The zero-order valence-electron chi connectivity index (χ0n) is 17.4. The van der Waals surface area contributed by atoms with E-state index >= 15 is 0 Å². The Morgan fingerprint density at radius 2 is 1.78 bits per heavy atom. The topological polar surface area (TPSA) is 93.1 Å². The molecule has 0 bridgehead atoms. The molecule has 2 heterocycles. The summed E-state index contributed by atoms with van der Waals surface area (Å²) < 4.78 is 11.3. The molecule has 2 saturated heterocycles. The zero-order chi connectivity index (χ0) is 22.8. The van der Waals surface area contributed by atoms with E-state index in [9.17, 15) is 19.5 Å². The Morgan fingerprint density at radius 1 is 1.12 bits per heavy atom. The summed E-state index contributed by atoms with van der Waals surface area (Å²) in [5.41, 5.74) is 1.40. The fraction of sp³-hybridized carbons (Fsp3) is 0.292. The summed E-state index contributed by atoms with van der Waals surface area (Å²) in [5, 5.41) is 11.0. The molecule has 0 unspecified atom stereocenters. The number of hydrogen-bond donors (Lipinski definition) is 1. The number of benzene rings is 2. The monoisotopic (exact) mass is 499 g/mol. The molecule has 2 aromatic carbocycles. The minimum absolute atomic E-state index is 0.0149. The second kappa shape index (κ2) is 9.26. The van der Waals surface area contributed by atoms with Crippen LogP contribution in [0.15, 0.2) is 58.6 Å². The zero-order valence-corrected chi connectivity index (χ0v) is 19.0. The molecular weight excluding hydrogens is 478 g/mol. The van der Waals surface area contributed by atoms with Crippen LogP contribution in [0.4, 0.5) is 0 Å². The van der Waals surface area contributed by atoms with Crippen molar-refractivity contribution < 1.29 is 29.0 Å². The SMILES string of the molecule is COC(=O)c1ccc([C@@H]2C(=C(O)c3ccc(Br)cc3)C(=O)C(=O)N2C[C@H]2CCCO2)cc1. The van der Waals surface area contributed by atoms with E-state index in [1.165, 1.54) is 12.0 Å². The first-order valence-electron chi connectivity index (χ1n) is 10.2. The minimum atomic E-state index is -0.797. The van der Waals surface area contributed by atoms with Crippen LogP contribution >= 0.6 is 15.9 Å². The van der Waals surface area contributed by atoms with Gasteiger partial charge in [0, 0.05) is 23.2 Å². The number of methoxy groups -OCH3 is 1. The summed E-state index contributed by atoms with van der Waals surface area (Å²) in [4.78, 5) is 39.3. The number of esters is 1. The number of ether oxygens (including phenoxy) is 2. The number of ketones is 1. The first kappa shape index (κ1) is 22.2. The molecule has 2 atom stereocenters. The van der Waals surface area contributed by atoms with Crippen LogP contribution in [0.3, 0.4) is 0 Å². The second-order valence-corrected chi connectivity index (χ2v) is 8.62. The molecule has 7 nitrogen and oxygen atoms in total. The average molecular weight is 500 g/mol. The Balaban J connectivity index is 1.80. The van der Waals surface area contributed by atoms with Crippen molar-refractivity contribution in [2.75, 3.05) is 20.3 Å².